The van der Waals surface area contributed by atoms with Gasteiger partial charge in [0.15, 0.2) is 5.82 Å². The van der Waals surface area contributed by atoms with Crippen LogP contribution in [0.4, 0.5) is 0 Å². The smallest absolute Gasteiger partial charge is 0.208 e. The zero-order valence-corrected chi connectivity index (χ0v) is 13.5. The van der Waals surface area contributed by atoms with Gasteiger partial charge in [-0.05, 0) is 38.1 Å². The van der Waals surface area contributed by atoms with Crippen molar-refractivity contribution < 1.29 is 9.84 Å². The standard InChI is InChI=1S/C14H18ClN3O2S/c1-9(2)20-7-12(19)8-21-14-16-13(17-18-14)10-3-5-11(15)6-4-10/h3-6,9,12,19H,7-8H2,1-2H3,(H,16,17,18). The van der Waals surface area contributed by atoms with Crippen molar-refractivity contribution in [3.05, 3.63) is 29.3 Å². The number of rotatable bonds is 7. The zero-order valence-electron chi connectivity index (χ0n) is 11.9. The maximum absolute atomic E-state index is 9.79. The molecule has 0 saturated heterocycles. The topological polar surface area (TPSA) is 71.0 Å². The summed E-state index contributed by atoms with van der Waals surface area (Å²) in [4.78, 5) is 4.38. The molecule has 21 heavy (non-hydrogen) atoms. The average molecular weight is 328 g/mol. The second-order valence-corrected chi connectivity index (χ2v) is 6.24. The summed E-state index contributed by atoms with van der Waals surface area (Å²) in [6.45, 7) is 4.19. The lowest BCUT2D eigenvalue weighted by atomic mass is 10.2. The lowest BCUT2D eigenvalue weighted by Crippen LogP contribution is -2.20. The molecule has 5 nitrogen and oxygen atoms in total. The Kier molecular flexibility index (Phi) is 6.05. The molecule has 1 aromatic carbocycles. The summed E-state index contributed by atoms with van der Waals surface area (Å²) in [7, 11) is 0. The van der Waals surface area contributed by atoms with E-state index >= 15 is 0 Å². The number of hydrogen-bond acceptors (Lipinski definition) is 5. The van der Waals surface area contributed by atoms with Crippen molar-refractivity contribution in [3.63, 3.8) is 0 Å². The number of ether oxygens (including phenoxy) is 1. The van der Waals surface area contributed by atoms with Gasteiger partial charge in [-0.15, -0.1) is 5.10 Å². The summed E-state index contributed by atoms with van der Waals surface area (Å²) in [6.07, 6.45) is -0.417. The number of aromatic nitrogens is 3. The fourth-order valence-electron chi connectivity index (χ4n) is 1.57. The maximum atomic E-state index is 9.79. The van der Waals surface area contributed by atoms with Gasteiger partial charge >= 0.3 is 0 Å². The van der Waals surface area contributed by atoms with Crippen molar-refractivity contribution in [1.82, 2.24) is 15.2 Å². The van der Waals surface area contributed by atoms with E-state index in [4.69, 9.17) is 16.3 Å². The highest BCUT2D eigenvalue weighted by Gasteiger charge is 2.10. The molecule has 1 unspecified atom stereocenters. The van der Waals surface area contributed by atoms with Crippen LogP contribution in [0.5, 0.6) is 0 Å². The van der Waals surface area contributed by atoms with Gasteiger partial charge < -0.3 is 9.84 Å². The van der Waals surface area contributed by atoms with Gasteiger partial charge in [0.25, 0.3) is 0 Å². The van der Waals surface area contributed by atoms with Crippen molar-refractivity contribution in [1.29, 1.82) is 0 Å². The van der Waals surface area contributed by atoms with Crippen molar-refractivity contribution in [2.75, 3.05) is 12.4 Å². The van der Waals surface area contributed by atoms with E-state index in [0.717, 1.165) is 5.56 Å². The maximum Gasteiger partial charge on any atom is 0.208 e. The van der Waals surface area contributed by atoms with Crippen molar-refractivity contribution in [2.45, 2.75) is 31.2 Å². The number of H-pyrrole nitrogens is 1. The Morgan fingerprint density at radius 3 is 2.71 bits per heavy atom. The van der Waals surface area contributed by atoms with E-state index in [-0.39, 0.29) is 6.10 Å². The summed E-state index contributed by atoms with van der Waals surface area (Å²) in [5.74, 6) is 1.17. The number of aliphatic hydroxyl groups is 1. The van der Waals surface area contributed by atoms with Crippen LogP contribution in [0.2, 0.25) is 5.02 Å². The highest BCUT2D eigenvalue weighted by molar-refractivity contribution is 7.99. The van der Waals surface area contributed by atoms with Crippen LogP contribution in [0.1, 0.15) is 13.8 Å². The normalized spacial score (nSPS) is 12.8. The molecule has 0 radical (unpaired) electrons. The Labute approximate surface area is 133 Å². The molecule has 2 N–H and O–H groups in total. The molecule has 114 valence electrons. The second-order valence-electron chi connectivity index (χ2n) is 4.82. The highest BCUT2D eigenvalue weighted by atomic mass is 35.5. The molecule has 0 aliphatic heterocycles. The summed E-state index contributed by atoms with van der Waals surface area (Å²) in [5.41, 5.74) is 0.919. The molecule has 7 heteroatoms. The first-order valence-corrected chi connectivity index (χ1v) is 8.01. The molecule has 0 aliphatic rings. The second kappa shape index (κ2) is 7.79. The lowest BCUT2D eigenvalue weighted by Gasteiger charge is -2.11. The van der Waals surface area contributed by atoms with E-state index in [0.29, 0.717) is 28.4 Å². The molecule has 2 aromatic rings. The van der Waals surface area contributed by atoms with E-state index < -0.39 is 6.10 Å². The third-order valence-electron chi connectivity index (χ3n) is 2.61. The minimum atomic E-state index is -0.533. The molecular formula is C14H18ClN3O2S. The lowest BCUT2D eigenvalue weighted by molar-refractivity contribution is 0.0152. The van der Waals surface area contributed by atoms with Gasteiger partial charge in [-0.2, -0.15) is 0 Å². The van der Waals surface area contributed by atoms with E-state index in [1.54, 1.807) is 12.1 Å². The molecule has 1 atom stereocenters. The number of nitrogens with zero attached hydrogens (tertiary/aromatic N) is 2. The quantitative estimate of drug-likeness (QED) is 0.765. The molecule has 0 saturated carbocycles. The molecule has 0 spiro atoms. The van der Waals surface area contributed by atoms with E-state index in [1.165, 1.54) is 11.8 Å². The molecule has 0 fully saturated rings. The van der Waals surface area contributed by atoms with Crippen LogP contribution in [0.15, 0.2) is 29.4 Å². The molecule has 2 rings (SSSR count). The predicted molar refractivity (Wildman–Crippen MR) is 84.6 cm³/mol. The van der Waals surface area contributed by atoms with Crippen LogP contribution in [0, 0.1) is 0 Å². The van der Waals surface area contributed by atoms with Gasteiger partial charge in [0.05, 0.1) is 18.8 Å². The van der Waals surface area contributed by atoms with Gasteiger partial charge in [0.1, 0.15) is 0 Å². The monoisotopic (exact) mass is 327 g/mol. The van der Waals surface area contributed by atoms with E-state index in [2.05, 4.69) is 15.2 Å². The van der Waals surface area contributed by atoms with Gasteiger partial charge in [-0.1, -0.05) is 23.4 Å². The Balaban J connectivity index is 1.87. The zero-order chi connectivity index (χ0) is 15.2. The van der Waals surface area contributed by atoms with Crippen molar-refractivity contribution in [2.24, 2.45) is 0 Å². The number of nitrogens with one attached hydrogen (secondary N) is 1. The summed E-state index contributed by atoms with van der Waals surface area (Å²) in [5, 5.41) is 18.1. The molecule has 1 aromatic heterocycles. The first-order valence-electron chi connectivity index (χ1n) is 6.65. The Hall–Kier alpha value is -1.08. The fraction of sp³-hybridized carbons (Fsp3) is 0.429. The predicted octanol–water partition coefficient (Wildman–Crippen LogP) is 3.00. The summed E-state index contributed by atoms with van der Waals surface area (Å²) in [6, 6.07) is 7.36. The molecular weight excluding hydrogens is 310 g/mol. The van der Waals surface area contributed by atoms with Crippen LogP contribution >= 0.6 is 23.4 Å². The third kappa shape index (κ3) is 5.32. The summed E-state index contributed by atoms with van der Waals surface area (Å²) >= 11 is 7.24. The SMILES string of the molecule is CC(C)OCC(O)CSc1n[nH]c(-c2ccc(Cl)cc2)n1. The number of benzene rings is 1. The van der Waals surface area contributed by atoms with E-state index in [1.807, 2.05) is 26.0 Å². The fourth-order valence-corrected chi connectivity index (χ4v) is 2.40. The van der Waals surface area contributed by atoms with Crippen molar-refractivity contribution >= 4 is 23.4 Å². The van der Waals surface area contributed by atoms with Gasteiger partial charge in [0, 0.05) is 16.3 Å². The summed E-state index contributed by atoms with van der Waals surface area (Å²) < 4.78 is 5.35. The molecule has 0 aliphatic carbocycles. The number of hydrogen-bond donors (Lipinski definition) is 2. The Morgan fingerprint density at radius 2 is 2.05 bits per heavy atom. The first kappa shape index (κ1) is 16.3. The van der Waals surface area contributed by atoms with Crippen LogP contribution in [-0.2, 0) is 4.74 Å². The van der Waals surface area contributed by atoms with Gasteiger partial charge in [-0.3, -0.25) is 5.10 Å². The third-order valence-corrected chi connectivity index (χ3v) is 3.85. The van der Waals surface area contributed by atoms with Crippen LogP contribution < -0.4 is 0 Å². The number of halogens is 1. The van der Waals surface area contributed by atoms with Crippen LogP contribution in [0.25, 0.3) is 11.4 Å². The Morgan fingerprint density at radius 1 is 1.33 bits per heavy atom. The number of aliphatic hydroxyl groups excluding tert-OH is 1. The molecule has 0 bridgehead atoms. The average Bonchev–Trinajstić information content (AvgIpc) is 2.92. The highest BCUT2D eigenvalue weighted by Crippen LogP contribution is 2.21. The number of thioether (sulfide) groups is 1. The first-order chi connectivity index (χ1) is 10.0. The van der Waals surface area contributed by atoms with Gasteiger partial charge in [0.2, 0.25) is 5.16 Å². The number of aromatic amines is 1. The van der Waals surface area contributed by atoms with Crippen LogP contribution in [-0.4, -0.2) is 44.9 Å². The van der Waals surface area contributed by atoms with Crippen LogP contribution in [0.3, 0.4) is 0 Å². The largest absolute Gasteiger partial charge is 0.390 e. The molecule has 0 amide bonds. The van der Waals surface area contributed by atoms with Gasteiger partial charge in [-0.25, -0.2) is 4.98 Å². The Bertz CT molecular complexity index is 560. The van der Waals surface area contributed by atoms with E-state index in [9.17, 15) is 5.11 Å². The minimum absolute atomic E-state index is 0.115. The minimum Gasteiger partial charge on any atom is -0.390 e. The molecule has 1 heterocycles. The van der Waals surface area contributed by atoms with Crippen molar-refractivity contribution in [3.8, 4) is 11.4 Å².